The Morgan fingerprint density at radius 3 is 2.42 bits per heavy atom. The summed E-state index contributed by atoms with van der Waals surface area (Å²) in [5, 5.41) is 10.2. The molecule has 1 amide bonds. The molecule has 0 N–H and O–H groups in total. The van der Waals surface area contributed by atoms with Crippen LogP contribution in [-0.2, 0) is 5.11 Å². The predicted molar refractivity (Wildman–Crippen MR) is 36.4 cm³/mol. The van der Waals surface area contributed by atoms with Gasteiger partial charge < -0.3 is 4.90 Å². The second kappa shape index (κ2) is 2.88. The van der Waals surface area contributed by atoms with E-state index in [1.54, 1.807) is 0 Å². The van der Waals surface area contributed by atoms with Crippen LogP contribution in [0.5, 0.6) is 0 Å². The van der Waals surface area contributed by atoms with Crippen molar-refractivity contribution in [2.75, 3.05) is 13.6 Å². The Hall–Kier alpha value is -0.870. The molecule has 0 aromatic rings. The third-order valence-electron chi connectivity index (χ3n) is 2.02. The fraction of sp³-hybridized carbons (Fsp3) is 0.857. The van der Waals surface area contributed by atoms with E-state index in [0.717, 1.165) is 4.90 Å². The number of nitrogens with zero attached hydrogens (tertiary/aromatic N) is 1. The highest BCUT2D eigenvalue weighted by Crippen LogP contribution is 2.42. The topological polar surface area (TPSA) is 40.2 Å². The molecule has 12 heavy (non-hydrogen) atoms. The molecule has 1 radical (unpaired) electrons. The third kappa shape index (κ3) is 2.06. The summed E-state index contributed by atoms with van der Waals surface area (Å²) in [5.74, 6) is -2.78. The van der Waals surface area contributed by atoms with Gasteiger partial charge in [0.25, 0.3) is 0 Å². The van der Waals surface area contributed by atoms with E-state index in [4.69, 9.17) is 0 Å². The van der Waals surface area contributed by atoms with Gasteiger partial charge in [0.05, 0.1) is 0 Å². The van der Waals surface area contributed by atoms with Crippen molar-refractivity contribution in [1.82, 2.24) is 4.90 Å². The smallest absolute Gasteiger partial charge is 0.308 e. The van der Waals surface area contributed by atoms with Crippen molar-refractivity contribution < 1.29 is 18.7 Å². The molecule has 0 aromatic heterocycles. The Kier molecular flexibility index (Phi) is 2.21. The second-order valence-electron chi connectivity index (χ2n) is 3.28. The zero-order chi connectivity index (χ0) is 9.35. The highest BCUT2D eigenvalue weighted by atomic mass is 19.3. The molecule has 1 aliphatic carbocycles. The molecule has 1 saturated carbocycles. The van der Waals surface area contributed by atoms with Crippen LogP contribution in [0.4, 0.5) is 13.6 Å². The van der Waals surface area contributed by atoms with Crippen molar-refractivity contribution in [3.8, 4) is 0 Å². The lowest BCUT2D eigenvalue weighted by atomic mass is 9.81. The molecule has 0 aliphatic heterocycles. The van der Waals surface area contributed by atoms with E-state index >= 15 is 0 Å². The molecule has 0 atom stereocenters. The largest absolute Gasteiger partial charge is 0.452 e. The van der Waals surface area contributed by atoms with E-state index in [-0.39, 0.29) is 25.3 Å². The van der Waals surface area contributed by atoms with Crippen molar-refractivity contribution in [2.24, 2.45) is 5.92 Å². The molecular formula is C7H10F2NO2. The summed E-state index contributed by atoms with van der Waals surface area (Å²) in [5.41, 5.74) is 0. The third-order valence-corrected chi connectivity index (χ3v) is 2.02. The van der Waals surface area contributed by atoms with Gasteiger partial charge in [0.15, 0.2) is 0 Å². The van der Waals surface area contributed by atoms with Gasteiger partial charge in [-0.05, 0) is 5.92 Å². The number of hydrogen-bond acceptors (Lipinski definition) is 1. The van der Waals surface area contributed by atoms with Gasteiger partial charge in [-0.15, -0.1) is 0 Å². The molecule has 69 valence electrons. The molecular weight excluding hydrogens is 168 g/mol. The monoisotopic (exact) mass is 178 g/mol. The number of carbonyl (C=O) groups is 1. The molecule has 1 aliphatic rings. The summed E-state index contributed by atoms with van der Waals surface area (Å²) in [6.07, 6.45) is -1.72. The standard InChI is InChI=1S/C7H10F2NO2/c1-10(6(11)12)4-5-2-7(8,9)3-5/h5H,2-4H2,1H3. The number of alkyl halides is 2. The van der Waals surface area contributed by atoms with Crippen LogP contribution >= 0.6 is 0 Å². The average Bonchev–Trinajstić information content (AvgIpc) is 1.83. The maximum atomic E-state index is 12.3. The maximum Gasteiger partial charge on any atom is 0.452 e. The summed E-state index contributed by atoms with van der Waals surface area (Å²) in [6, 6.07) is 0. The highest BCUT2D eigenvalue weighted by Gasteiger charge is 2.45. The van der Waals surface area contributed by atoms with E-state index in [1.165, 1.54) is 7.05 Å². The van der Waals surface area contributed by atoms with E-state index in [2.05, 4.69) is 0 Å². The molecule has 0 spiro atoms. The predicted octanol–water partition coefficient (Wildman–Crippen LogP) is 1.51. The van der Waals surface area contributed by atoms with Crippen LogP contribution in [0.25, 0.3) is 0 Å². The molecule has 0 saturated heterocycles. The van der Waals surface area contributed by atoms with Crippen LogP contribution in [0, 0.1) is 5.92 Å². The fourth-order valence-corrected chi connectivity index (χ4v) is 1.38. The Labute approximate surface area is 69.0 Å². The zero-order valence-corrected chi connectivity index (χ0v) is 6.72. The molecule has 1 fully saturated rings. The summed E-state index contributed by atoms with van der Waals surface area (Å²) < 4.78 is 24.5. The maximum absolute atomic E-state index is 12.3. The average molecular weight is 178 g/mol. The summed E-state index contributed by atoms with van der Waals surface area (Å²) in [4.78, 5) is 11.1. The Balaban J connectivity index is 2.23. The summed E-state index contributed by atoms with van der Waals surface area (Å²) in [6.45, 7) is 0.151. The van der Waals surface area contributed by atoms with Crippen molar-refractivity contribution in [3.63, 3.8) is 0 Å². The minimum absolute atomic E-state index is 0.151. The van der Waals surface area contributed by atoms with Crippen LogP contribution in [-0.4, -0.2) is 30.5 Å². The first-order chi connectivity index (χ1) is 5.41. The molecule has 0 heterocycles. The molecule has 1 rings (SSSR count). The first kappa shape index (κ1) is 9.22. The van der Waals surface area contributed by atoms with Crippen LogP contribution in [0.2, 0.25) is 0 Å². The summed E-state index contributed by atoms with van der Waals surface area (Å²) in [7, 11) is 1.33. The minimum Gasteiger partial charge on any atom is -0.308 e. The van der Waals surface area contributed by atoms with E-state index in [0.29, 0.717) is 0 Å². The number of hydrogen-bond donors (Lipinski definition) is 0. The van der Waals surface area contributed by atoms with Crippen LogP contribution in [0.3, 0.4) is 0 Å². The molecule has 0 unspecified atom stereocenters. The molecule has 3 nitrogen and oxygen atoms in total. The van der Waals surface area contributed by atoms with Crippen molar-refractivity contribution >= 4 is 6.09 Å². The summed E-state index contributed by atoms with van der Waals surface area (Å²) >= 11 is 0. The van der Waals surface area contributed by atoms with Gasteiger partial charge in [-0.2, -0.15) is 0 Å². The van der Waals surface area contributed by atoms with Gasteiger partial charge >= 0.3 is 6.09 Å². The fourth-order valence-electron chi connectivity index (χ4n) is 1.38. The van der Waals surface area contributed by atoms with Crippen LogP contribution in [0.15, 0.2) is 0 Å². The van der Waals surface area contributed by atoms with E-state index in [9.17, 15) is 18.7 Å². The number of amides is 1. The van der Waals surface area contributed by atoms with E-state index < -0.39 is 12.0 Å². The van der Waals surface area contributed by atoms with Gasteiger partial charge in [-0.25, -0.2) is 18.7 Å². The minimum atomic E-state index is -2.57. The quantitative estimate of drug-likeness (QED) is 0.631. The lowest BCUT2D eigenvalue weighted by Gasteiger charge is -2.36. The first-order valence-electron chi connectivity index (χ1n) is 3.71. The van der Waals surface area contributed by atoms with Crippen LogP contribution < -0.4 is 0 Å². The van der Waals surface area contributed by atoms with E-state index in [1.807, 2.05) is 0 Å². The van der Waals surface area contributed by atoms with Gasteiger partial charge in [0.2, 0.25) is 5.92 Å². The van der Waals surface area contributed by atoms with Crippen molar-refractivity contribution in [1.29, 1.82) is 0 Å². The Bertz CT molecular complexity index is 188. The van der Waals surface area contributed by atoms with Gasteiger partial charge in [0, 0.05) is 26.4 Å². The first-order valence-corrected chi connectivity index (χ1v) is 3.71. The van der Waals surface area contributed by atoms with Crippen molar-refractivity contribution in [3.05, 3.63) is 0 Å². The van der Waals surface area contributed by atoms with Gasteiger partial charge in [0.1, 0.15) is 0 Å². The second-order valence-corrected chi connectivity index (χ2v) is 3.28. The number of carbonyl (C=O) groups excluding carboxylic acids is 1. The van der Waals surface area contributed by atoms with Crippen molar-refractivity contribution in [2.45, 2.75) is 18.8 Å². The van der Waals surface area contributed by atoms with Gasteiger partial charge in [-0.3, -0.25) is 0 Å². The lowest BCUT2D eigenvalue weighted by molar-refractivity contribution is -0.114. The van der Waals surface area contributed by atoms with Gasteiger partial charge in [-0.1, -0.05) is 0 Å². The number of rotatable bonds is 2. The Morgan fingerprint density at radius 1 is 1.58 bits per heavy atom. The highest BCUT2D eigenvalue weighted by molar-refractivity contribution is 5.63. The molecule has 0 aromatic carbocycles. The lowest BCUT2D eigenvalue weighted by Crippen LogP contribution is -2.42. The van der Waals surface area contributed by atoms with Crippen LogP contribution in [0.1, 0.15) is 12.8 Å². The SMILES string of the molecule is CN(CC1CC(F)(F)C1)C([O])=O. The normalized spacial score (nSPS) is 21.6. The molecule has 0 bridgehead atoms. The zero-order valence-electron chi connectivity index (χ0n) is 6.72. The number of halogens is 2. The Morgan fingerprint density at radius 2 is 2.08 bits per heavy atom. The molecule has 5 heteroatoms.